The van der Waals surface area contributed by atoms with E-state index < -0.39 is 0 Å². The number of nitrogens with zero attached hydrogens (tertiary/aromatic N) is 4. The van der Waals surface area contributed by atoms with Gasteiger partial charge in [-0.25, -0.2) is 9.97 Å². The van der Waals surface area contributed by atoms with Crippen molar-refractivity contribution in [2.75, 3.05) is 18.4 Å². The maximum Gasteiger partial charge on any atom is 0.257 e. The number of amides is 1. The molecule has 1 saturated carbocycles. The minimum Gasteiger partial charge on any atom is -0.338 e. The van der Waals surface area contributed by atoms with Crippen LogP contribution in [0.2, 0.25) is 0 Å². The quantitative estimate of drug-likeness (QED) is 0.733. The fraction of sp³-hybridized carbons (Fsp3) is 0.333. The highest BCUT2D eigenvalue weighted by atomic mass is 16.2. The van der Waals surface area contributed by atoms with E-state index in [1.165, 1.54) is 29.8 Å². The number of aromatic nitrogens is 4. The average Bonchev–Trinajstić information content (AvgIpc) is 3.53. The van der Waals surface area contributed by atoms with E-state index in [9.17, 15) is 4.79 Å². The van der Waals surface area contributed by atoms with E-state index in [4.69, 9.17) is 0 Å². The first-order valence-corrected chi connectivity index (χ1v) is 9.77. The highest BCUT2D eigenvalue weighted by Gasteiger charge is 2.31. The molecular weight excluding hydrogens is 352 g/mol. The van der Waals surface area contributed by atoms with E-state index in [2.05, 4.69) is 25.5 Å². The summed E-state index contributed by atoms with van der Waals surface area (Å²) in [5.74, 6) is 1.09. The van der Waals surface area contributed by atoms with Crippen LogP contribution >= 0.6 is 0 Å². The molecule has 0 saturated heterocycles. The molecule has 3 aromatic rings. The van der Waals surface area contributed by atoms with E-state index in [-0.39, 0.29) is 5.91 Å². The molecule has 7 nitrogen and oxygen atoms in total. The van der Waals surface area contributed by atoms with Crippen molar-refractivity contribution in [3.05, 3.63) is 65.2 Å². The van der Waals surface area contributed by atoms with Crippen molar-refractivity contribution >= 4 is 17.5 Å². The molecule has 0 bridgehead atoms. The standard InChI is InChI=1S/C21H22N6O/c28-20(15-12-22-21(23-13-15)24-16-4-2-1-3-5-16)27-10-8-17-18(9-11-27)25-26-19(17)14-6-7-14/h1-5,12-14H,6-11H2,(H,25,26)(H,22,23,24). The van der Waals surface area contributed by atoms with Gasteiger partial charge in [0.05, 0.1) is 11.3 Å². The van der Waals surface area contributed by atoms with Crippen molar-refractivity contribution in [3.63, 3.8) is 0 Å². The van der Waals surface area contributed by atoms with Crippen LogP contribution in [0.25, 0.3) is 0 Å². The summed E-state index contributed by atoms with van der Waals surface area (Å²) in [7, 11) is 0. The monoisotopic (exact) mass is 374 g/mol. The predicted octanol–water partition coefficient (Wildman–Crippen LogP) is 3.06. The van der Waals surface area contributed by atoms with Gasteiger partial charge in [-0.15, -0.1) is 0 Å². The van der Waals surface area contributed by atoms with Crippen molar-refractivity contribution in [2.24, 2.45) is 0 Å². The van der Waals surface area contributed by atoms with Gasteiger partial charge in [-0.05, 0) is 37.0 Å². The fourth-order valence-electron chi connectivity index (χ4n) is 3.74. The number of rotatable bonds is 4. The normalized spacial score (nSPS) is 16.4. The Labute approximate surface area is 163 Å². The lowest BCUT2D eigenvalue weighted by molar-refractivity contribution is 0.0762. The summed E-state index contributed by atoms with van der Waals surface area (Å²) in [4.78, 5) is 23.4. The second kappa shape index (κ2) is 7.07. The zero-order valence-electron chi connectivity index (χ0n) is 15.6. The van der Waals surface area contributed by atoms with Crippen LogP contribution < -0.4 is 5.32 Å². The Balaban J connectivity index is 1.26. The molecule has 5 rings (SSSR count). The van der Waals surface area contributed by atoms with Crippen molar-refractivity contribution < 1.29 is 4.79 Å². The summed E-state index contributed by atoms with van der Waals surface area (Å²) >= 11 is 0. The molecule has 1 aromatic carbocycles. The Hall–Kier alpha value is -3.22. The summed E-state index contributed by atoms with van der Waals surface area (Å²) in [5, 5.41) is 10.8. The molecular formula is C21H22N6O. The zero-order valence-corrected chi connectivity index (χ0v) is 15.6. The van der Waals surface area contributed by atoms with Crippen LogP contribution in [0.15, 0.2) is 42.7 Å². The third-order valence-electron chi connectivity index (χ3n) is 5.43. The zero-order chi connectivity index (χ0) is 18.9. The van der Waals surface area contributed by atoms with Crippen molar-refractivity contribution in [1.82, 2.24) is 25.1 Å². The number of para-hydroxylation sites is 1. The van der Waals surface area contributed by atoms with Gasteiger partial charge < -0.3 is 10.2 Å². The minimum absolute atomic E-state index is 0.0163. The van der Waals surface area contributed by atoms with E-state index in [1.54, 1.807) is 12.4 Å². The number of carbonyl (C=O) groups excluding carboxylic acids is 1. The molecule has 1 amide bonds. The van der Waals surface area contributed by atoms with Crippen LogP contribution in [0.1, 0.15) is 46.1 Å². The molecule has 1 aliphatic heterocycles. The number of nitrogens with one attached hydrogen (secondary N) is 2. The van der Waals surface area contributed by atoms with Crippen LogP contribution in [-0.2, 0) is 12.8 Å². The Kier molecular flexibility index (Phi) is 4.27. The summed E-state index contributed by atoms with van der Waals surface area (Å²) < 4.78 is 0. The molecule has 3 heterocycles. The van der Waals surface area contributed by atoms with E-state index in [0.29, 0.717) is 30.5 Å². The number of benzene rings is 1. The second-order valence-electron chi connectivity index (χ2n) is 7.42. The molecule has 1 aliphatic carbocycles. The first kappa shape index (κ1) is 16.9. The van der Waals surface area contributed by atoms with Crippen LogP contribution in [0.5, 0.6) is 0 Å². The van der Waals surface area contributed by atoms with Gasteiger partial charge in [-0.2, -0.15) is 5.10 Å². The topological polar surface area (TPSA) is 86.8 Å². The maximum absolute atomic E-state index is 12.9. The fourth-order valence-corrected chi connectivity index (χ4v) is 3.74. The third-order valence-corrected chi connectivity index (χ3v) is 5.43. The Morgan fingerprint density at radius 3 is 2.57 bits per heavy atom. The van der Waals surface area contributed by atoms with E-state index >= 15 is 0 Å². The van der Waals surface area contributed by atoms with Crippen molar-refractivity contribution in [2.45, 2.75) is 31.6 Å². The van der Waals surface area contributed by atoms with Gasteiger partial charge in [-0.1, -0.05) is 18.2 Å². The Morgan fingerprint density at radius 2 is 1.82 bits per heavy atom. The minimum atomic E-state index is -0.0163. The Morgan fingerprint density at radius 1 is 1.07 bits per heavy atom. The number of carbonyl (C=O) groups is 1. The summed E-state index contributed by atoms with van der Waals surface area (Å²) in [6.07, 6.45) is 7.35. The van der Waals surface area contributed by atoms with Gasteiger partial charge >= 0.3 is 0 Å². The molecule has 0 spiro atoms. The first-order chi connectivity index (χ1) is 13.8. The summed E-state index contributed by atoms with van der Waals surface area (Å²) in [5.41, 5.74) is 5.18. The first-order valence-electron chi connectivity index (χ1n) is 9.77. The molecule has 0 unspecified atom stereocenters. The third kappa shape index (κ3) is 3.35. The number of H-pyrrole nitrogens is 1. The molecule has 0 atom stereocenters. The van der Waals surface area contributed by atoms with Crippen LogP contribution in [-0.4, -0.2) is 44.1 Å². The van der Waals surface area contributed by atoms with Gasteiger partial charge in [0.15, 0.2) is 0 Å². The molecule has 2 N–H and O–H groups in total. The van der Waals surface area contributed by atoms with Crippen LogP contribution in [0, 0.1) is 0 Å². The SMILES string of the molecule is O=C(c1cnc(Nc2ccccc2)nc1)N1CCc2[nH]nc(C3CC3)c2CC1. The number of fused-ring (bicyclic) bond motifs is 1. The van der Waals surface area contributed by atoms with Crippen LogP contribution in [0.3, 0.4) is 0 Å². The number of anilines is 2. The summed E-state index contributed by atoms with van der Waals surface area (Å²) in [6.45, 7) is 1.39. The number of hydrogen-bond acceptors (Lipinski definition) is 5. The second-order valence-corrected chi connectivity index (χ2v) is 7.42. The molecule has 2 aliphatic rings. The maximum atomic E-state index is 12.9. The predicted molar refractivity (Wildman–Crippen MR) is 106 cm³/mol. The van der Waals surface area contributed by atoms with Crippen molar-refractivity contribution in [1.29, 1.82) is 0 Å². The number of aromatic amines is 1. The van der Waals surface area contributed by atoms with Gasteiger partial charge in [0.2, 0.25) is 5.95 Å². The van der Waals surface area contributed by atoms with Gasteiger partial charge in [-0.3, -0.25) is 9.89 Å². The van der Waals surface area contributed by atoms with Gasteiger partial charge in [0.25, 0.3) is 5.91 Å². The Bertz CT molecular complexity index is 978. The molecule has 0 radical (unpaired) electrons. The summed E-state index contributed by atoms with van der Waals surface area (Å²) in [6, 6.07) is 9.73. The highest BCUT2D eigenvalue weighted by Crippen LogP contribution is 2.41. The molecule has 2 aromatic heterocycles. The van der Waals surface area contributed by atoms with E-state index in [1.807, 2.05) is 35.2 Å². The largest absolute Gasteiger partial charge is 0.338 e. The number of hydrogen-bond donors (Lipinski definition) is 2. The van der Waals surface area contributed by atoms with Crippen LogP contribution in [0.4, 0.5) is 11.6 Å². The van der Waals surface area contributed by atoms with Crippen molar-refractivity contribution in [3.8, 4) is 0 Å². The molecule has 1 fully saturated rings. The average molecular weight is 374 g/mol. The van der Waals surface area contributed by atoms with Gasteiger partial charge in [0.1, 0.15) is 0 Å². The lowest BCUT2D eigenvalue weighted by atomic mass is 10.1. The lowest BCUT2D eigenvalue weighted by Crippen LogP contribution is -2.33. The van der Waals surface area contributed by atoms with Gasteiger partial charge in [0, 0.05) is 49.2 Å². The smallest absolute Gasteiger partial charge is 0.257 e. The van der Waals surface area contributed by atoms with E-state index in [0.717, 1.165) is 18.5 Å². The molecule has 142 valence electrons. The lowest BCUT2D eigenvalue weighted by Gasteiger charge is -2.20. The highest BCUT2D eigenvalue weighted by molar-refractivity contribution is 5.93. The molecule has 28 heavy (non-hydrogen) atoms. The molecule has 7 heteroatoms.